The average molecular weight is 214 g/mol. The van der Waals surface area contributed by atoms with Gasteiger partial charge in [0.2, 0.25) is 0 Å². The van der Waals surface area contributed by atoms with Crippen molar-refractivity contribution < 1.29 is 9.84 Å². The molecule has 2 nitrogen and oxygen atoms in total. The summed E-state index contributed by atoms with van der Waals surface area (Å²) in [6.45, 7) is 1.05. The van der Waals surface area contributed by atoms with Gasteiger partial charge in [-0.3, -0.25) is 0 Å². The van der Waals surface area contributed by atoms with E-state index in [1.165, 1.54) is 0 Å². The van der Waals surface area contributed by atoms with Crippen LogP contribution in [0.1, 0.15) is 0 Å². The standard InChI is InChI=1S/C14H14O2/c15-14-9-7-5-3-1-2-4-6-8-12-10-16-11-13(12)14/h1-9,15H,10-11H2/b2-1+,3-1?,4-2?,5-3+,6-4-,7-5?,8-6?,9-7?,12-8+,14-9?,14-13?. The van der Waals surface area contributed by atoms with Gasteiger partial charge in [0, 0.05) is 5.57 Å². The molecule has 0 aromatic rings. The van der Waals surface area contributed by atoms with E-state index >= 15 is 0 Å². The molecule has 0 unspecified atom stereocenters. The number of hydrogen-bond acceptors (Lipinski definition) is 2. The van der Waals surface area contributed by atoms with Crippen molar-refractivity contribution in [2.24, 2.45) is 0 Å². The summed E-state index contributed by atoms with van der Waals surface area (Å²) < 4.78 is 5.33. The second-order valence-electron chi connectivity index (χ2n) is 3.56. The molecule has 1 fully saturated rings. The highest BCUT2D eigenvalue weighted by Crippen LogP contribution is 2.22. The fraction of sp³-hybridized carbons (Fsp3) is 0.143. The zero-order valence-electron chi connectivity index (χ0n) is 8.97. The molecule has 1 aliphatic heterocycles. The van der Waals surface area contributed by atoms with Crippen LogP contribution in [0.3, 0.4) is 0 Å². The molecule has 2 rings (SSSR count). The molecule has 0 aromatic heterocycles. The molecular weight excluding hydrogens is 200 g/mol. The van der Waals surface area contributed by atoms with Crippen LogP contribution in [0, 0.1) is 0 Å². The van der Waals surface area contributed by atoms with E-state index in [1.807, 2.05) is 48.6 Å². The molecule has 0 spiro atoms. The fourth-order valence-corrected chi connectivity index (χ4v) is 1.57. The van der Waals surface area contributed by atoms with Gasteiger partial charge in [-0.25, -0.2) is 0 Å². The molecule has 0 atom stereocenters. The second-order valence-corrected chi connectivity index (χ2v) is 3.56. The Kier molecular flexibility index (Phi) is 3.57. The van der Waals surface area contributed by atoms with Crippen molar-refractivity contribution in [2.75, 3.05) is 13.2 Å². The van der Waals surface area contributed by atoms with Gasteiger partial charge in [-0.2, -0.15) is 0 Å². The number of aliphatic hydroxyl groups excluding tert-OH is 1. The minimum Gasteiger partial charge on any atom is -0.508 e. The first-order valence-corrected chi connectivity index (χ1v) is 5.25. The Hall–Kier alpha value is -1.80. The van der Waals surface area contributed by atoms with Crippen molar-refractivity contribution in [2.45, 2.75) is 0 Å². The molecule has 1 aliphatic carbocycles. The van der Waals surface area contributed by atoms with Crippen LogP contribution in [0.15, 0.2) is 71.6 Å². The summed E-state index contributed by atoms with van der Waals surface area (Å²) in [6, 6.07) is 0. The van der Waals surface area contributed by atoms with Crippen molar-refractivity contribution in [1.82, 2.24) is 0 Å². The van der Waals surface area contributed by atoms with Gasteiger partial charge >= 0.3 is 0 Å². The number of fused-ring (bicyclic) bond motifs is 1. The van der Waals surface area contributed by atoms with E-state index in [0.29, 0.717) is 13.2 Å². The zero-order valence-corrected chi connectivity index (χ0v) is 8.97. The lowest BCUT2D eigenvalue weighted by Crippen LogP contribution is -1.91. The van der Waals surface area contributed by atoms with Gasteiger partial charge in [-0.1, -0.05) is 48.6 Å². The van der Waals surface area contributed by atoms with Gasteiger partial charge in [0.15, 0.2) is 0 Å². The largest absolute Gasteiger partial charge is 0.508 e. The third-order valence-corrected chi connectivity index (χ3v) is 2.42. The molecular formula is C14H14O2. The summed E-state index contributed by atoms with van der Waals surface area (Å²) in [5, 5.41) is 9.86. The van der Waals surface area contributed by atoms with Crippen LogP contribution in [0.4, 0.5) is 0 Å². The number of aliphatic hydroxyl groups is 1. The molecule has 1 heterocycles. The molecule has 1 N–H and O–H groups in total. The van der Waals surface area contributed by atoms with Gasteiger partial charge in [-0.05, 0) is 11.6 Å². The van der Waals surface area contributed by atoms with E-state index in [0.717, 1.165) is 11.1 Å². The monoisotopic (exact) mass is 214 g/mol. The van der Waals surface area contributed by atoms with E-state index in [-0.39, 0.29) is 5.76 Å². The van der Waals surface area contributed by atoms with Crippen molar-refractivity contribution in [3.05, 3.63) is 71.6 Å². The smallest absolute Gasteiger partial charge is 0.121 e. The lowest BCUT2D eigenvalue weighted by Gasteiger charge is -1.99. The Labute approximate surface area is 95.2 Å². The van der Waals surface area contributed by atoms with Gasteiger partial charge in [0.25, 0.3) is 0 Å². The molecule has 82 valence electrons. The summed E-state index contributed by atoms with van der Waals surface area (Å²) in [5.41, 5.74) is 1.91. The first kappa shape index (κ1) is 10.7. The quantitative estimate of drug-likeness (QED) is 0.671. The Balaban J connectivity index is 2.37. The molecule has 2 heteroatoms. The first-order valence-electron chi connectivity index (χ1n) is 5.25. The molecule has 16 heavy (non-hydrogen) atoms. The van der Waals surface area contributed by atoms with Crippen LogP contribution in [-0.4, -0.2) is 18.3 Å². The number of hydrogen-bond donors (Lipinski definition) is 1. The van der Waals surface area contributed by atoms with Gasteiger partial charge in [0.05, 0.1) is 13.2 Å². The molecule has 0 saturated carbocycles. The molecule has 1 saturated heterocycles. The van der Waals surface area contributed by atoms with Crippen LogP contribution in [0.25, 0.3) is 0 Å². The Morgan fingerprint density at radius 2 is 1.56 bits per heavy atom. The maximum atomic E-state index is 9.86. The van der Waals surface area contributed by atoms with Crippen LogP contribution < -0.4 is 0 Å². The highest BCUT2D eigenvalue weighted by atomic mass is 16.5. The third kappa shape index (κ3) is 2.61. The van der Waals surface area contributed by atoms with Crippen molar-refractivity contribution in [1.29, 1.82) is 0 Å². The molecule has 0 amide bonds. The highest BCUT2D eigenvalue weighted by molar-refractivity contribution is 5.43. The lowest BCUT2D eigenvalue weighted by molar-refractivity contribution is 0.213. The van der Waals surface area contributed by atoms with Crippen LogP contribution >= 0.6 is 0 Å². The third-order valence-electron chi connectivity index (χ3n) is 2.42. The van der Waals surface area contributed by atoms with Crippen LogP contribution in [0.2, 0.25) is 0 Å². The van der Waals surface area contributed by atoms with Crippen molar-refractivity contribution in [3.63, 3.8) is 0 Å². The Bertz CT molecular complexity index is 432. The van der Waals surface area contributed by atoms with E-state index in [2.05, 4.69) is 0 Å². The number of rotatable bonds is 0. The van der Waals surface area contributed by atoms with Gasteiger partial charge < -0.3 is 9.84 Å². The molecule has 0 aromatic carbocycles. The maximum Gasteiger partial charge on any atom is 0.121 e. The van der Waals surface area contributed by atoms with Crippen molar-refractivity contribution >= 4 is 0 Å². The van der Waals surface area contributed by atoms with Gasteiger partial charge in [-0.15, -0.1) is 0 Å². The topological polar surface area (TPSA) is 29.5 Å². The number of allylic oxidation sites excluding steroid dienone is 9. The van der Waals surface area contributed by atoms with Gasteiger partial charge in [0.1, 0.15) is 5.76 Å². The van der Waals surface area contributed by atoms with Crippen LogP contribution in [-0.2, 0) is 4.74 Å². The van der Waals surface area contributed by atoms with E-state index in [9.17, 15) is 5.11 Å². The molecule has 0 radical (unpaired) electrons. The fourth-order valence-electron chi connectivity index (χ4n) is 1.57. The molecule has 0 bridgehead atoms. The molecule has 2 aliphatic rings. The summed E-state index contributed by atoms with van der Waals surface area (Å²) in [7, 11) is 0. The average Bonchev–Trinajstić information content (AvgIpc) is 2.73. The van der Waals surface area contributed by atoms with E-state index in [4.69, 9.17) is 4.74 Å². The predicted molar refractivity (Wildman–Crippen MR) is 65.1 cm³/mol. The number of ether oxygens (including phenoxy) is 1. The summed E-state index contributed by atoms with van der Waals surface area (Å²) in [5.74, 6) is 0.284. The Morgan fingerprint density at radius 3 is 2.38 bits per heavy atom. The Morgan fingerprint density at radius 1 is 0.875 bits per heavy atom. The van der Waals surface area contributed by atoms with Crippen molar-refractivity contribution in [3.8, 4) is 0 Å². The predicted octanol–water partition coefficient (Wildman–Crippen LogP) is 2.99. The van der Waals surface area contributed by atoms with E-state index in [1.54, 1.807) is 6.08 Å². The van der Waals surface area contributed by atoms with E-state index < -0.39 is 0 Å². The SMILES string of the molecule is OC1=C2COC\C2=C/C=C\C=C\C=C\C=C1. The van der Waals surface area contributed by atoms with Crippen LogP contribution in [0.5, 0.6) is 0 Å². The minimum absolute atomic E-state index is 0.284. The lowest BCUT2D eigenvalue weighted by atomic mass is 10.1. The highest BCUT2D eigenvalue weighted by Gasteiger charge is 2.16. The summed E-state index contributed by atoms with van der Waals surface area (Å²) in [4.78, 5) is 0. The summed E-state index contributed by atoms with van der Waals surface area (Å²) in [6.07, 6.45) is 17.1. The second kappa shape index (κ2) is 5.33. The maximum absolute atomic E-state index is 9.86. The zero-order chi connectivity index (χ0) is 11.2. The minimum atomic E-state index is 0.284. The normalized spacial score (nSPS) is 29.6. The summed E-state index contributed by atoms with van der Waals surface area (Å²) >= 11 is 0. The first-order chi connectivity index (χ1) is 7.88.